The van der Waals surface area contributed by atoms with E-state index < -0.39 is 0 Å². The highest BCUT2D eigenvalue weighted by molar-refractivity contribution is 6.00. The van der Waals surface area contributed by atoms with E-state index in [1.54, 1.807) is 23.4 Å². The van der Waals surface area contributed by atoms with Crippen molar-refractivity contribution in [1.29, 1.82) is 0 Å². The monoisotopic (exact) mass is 445 g/mol. The minimum atomic E-state index is -0.183. The molecule has 33 heavy (non-hydrogen) atoms. The van der Waals surface area contributed by atoms with Crippen LogP contribution in [0, 0.1) is 0 Å². The quantitative estimate of drug-likeness (QED) is 0.451. The van der Waals surface area contributed by atoms with Crippen LogP contribution in [-0.2, 0) is 9.59 Å². The van der Waals surface area contributed by atoms with Gasteiger partial charge in [0.2, 0.25) is 12.3 Å². The third-order valence-electron chi connectivity index (χ3n) is 5.87. The number of nitrogens with zero attached hydrogens (tertiary/aromatic N) is 5. The van der Waals surface area contributed by atoms with Gasteiger partial charge in [-0.1, -0.05) is 0 Å². The molecule has 10 heteroatoms. The van der Waals surface area contributed by atoms with Gasteiger partial charge in [0.1, 0.15) is 11.6 Å². The van der Waals surface area contributed by atoms with Crippen molar-refractivity contribution in [3.05, 3.63) is 43.0 Å². The summed E-state index contributed by atoms with van der Waals surface area (Å²) >= 11 is 0. The van der Waals surface area contributed by atoms with E-state index in [0.29, 0.717) is 23.0 Å². The maximum Gasteiger partial charge on any atom is 0.222 e. The molecule has 4 aromatic heterocycles. The number of rotatable bonds is 5. The fraction of sp³-hybridized carbons (Fsp3) is 0.261. The SMILES string of the molecule is CC(=O)Nc1ccc(-c2cc3c(-c4cnn(C5CCN(C=O)CC5)c4)cnc(N)c3o2)cn1. The van der Waals surface area contributed by atoms with E-state index in [1.807, 2.05) is 29.2 Å². The highest BCUT2D eigenvalue weighted by Gasteiger charge is 2.21. The largest absolute Gasteiger partial charge is 0.452 e. The van der Waals surface area contributed by atoms with Crippen molar-refractivity contribution in [1.82, 2.24) is 24.6 Å². The lowest BCUT2D eigenvalue weighted by Gasteiger charge is -2.29. The maximum absolute atomic E-state index is 11.2. The molecule has 0 bridgehead atoms. The minimum Gasteiger partial charge on any atom is -0.452 e. The third-order valence-corrected chi connectivity index (χ3v) is 5.87. The summed E-state index contributed by atoms with van der Waals surface area (Å²) in [4.78, 5) is 32.5. The summed E-state index contributed by atoms with van der Waals surface area (Å²) in [5, 5.41) is 8.05. The van der Waals surface area contributed by atoms with Crippen molar-refractivity contribution in [2.75, 3.05) is 24.1 Å². The second kappa shape index (κ2) is 8.38. The molecule has 0 radical (unpaired) electrons. The average molecular weight is 445 g/mol. The zero-order valence-corrected chi connectivity index (χ0v) is 18.1. The number of hydrogen-bond acceptors (Lipinski definition) is 7. The molecule has 0 spiro atoms. The number of nitrogens with two attached hydrogens (primary N) is 1. The summed E-state index contributed by atoms with van der Waals surface area (Å²) in [5.74, 6) is 1.19. The number of piperidine rings is 1. The van der Waals surface area contributed by atoms with E-state index in [2.05, 4.69) is 20.4 Å². The predicted molar refractivity (Wildman–Crippen MR) is 123 cm³/mol. The zero-order valence-electron chi connectivity index (χ0n) is 18.1. The smallest absolute Gasteiger partial charge is 0.222 e. The van der Waals surface area contributed by atoms with Crippen LogP contribution in [0.1, 0.15) is 25.8 Å². The molecule has 0 aromatic carbocycles. The molecular formula is C23H23N7O3. The zero-order chi connectivity index (χ0) is 22.9. The molecule has 0 aliphatic carbocycles. The van der Waals surface area contributed by atoms with Gasteiger partial charge in [-0.2, -0.15) is 5.10 Å². The van der Waals surface area contributed by atoms with Crippen molar-refractivity contribution < 1.29 is 14.0 Å². The summed E-state index contributed by atoms with van der Waals surface area (Å²) in [6, 6.07) is 5.70. The highest BCUT2D eigenvalue weighted by Crippen LogP contribution is 2.37. The van der Waals surface area contributed by atoms with Crippen LogP contribution in [0.5, 0.6) is 0 Å². The predicted octanol–water partition coefficient (Wildman–Crippen LogP) is 3.09. The fourth-order valence-electron chi connectivity index (χ4n) is 4.14. The molecule has 1 saturated heterocycles. The number of carbonyl (C=O) groups is 2. The van der Waals surface area contributed by atoms with Gasteiger partial charge in [0, 0.05) is 60.7 Å². The van der Waals surface area contributed by atoms with E-state index in [1.165, 1.54) is 6.92 Å². The first-order chi connectivity index (χ1) is 16.0. The number of fused-ring (bicyclic) bond motifs is 1. The Labute approximate surface area is 189 Å². The molecule has 0 atom stereocenters. The average Bonchev–Trinajstić information content (AvgIpc) is 3.48. The van der Waals surface area contributed by atoms with Crippen LogP contribution < -0.4 is 11.1 Å². The van der Waals surface area contributed by atoms with Gasteiger partial charge in [-0.3, -0.25) is 14.3 Å². The lowest BCUT2D eigenvalue weighted by Crippen LogP contribution is -2.33. The van der Waals surface area contributed by atoms with Crippen molar-refractivity contribution >= 4 is 34.9 Å². The Morgan fingerprint density at radius 2 is 2.00 bits per heavy atom. The second-order valence-electron chi connectivity index (χ2n) is 8.11. The molecule has 1 aliphatic rings. The molecule has 4 aromatic rings. The topological polar surface area (TPSA) is 132 Å². The molecule has 3 N–H and O–H groups in total. The Balaban J connectivity index is 1.46. The van der Waals surface area contributed by atoms with Gasteiger partial charge in [0.05, 0.1) is 12.2 Å². The fourth-order valence-corrected chi connectivity index (χ4v) is 4.14. The van der Waals surface area contributed by atoms with E-state index in [0.717, 1.165) is 54.4 Å². The molecule has 1 aliphatic heterocycles. The minimum absolute atomic E-state index is 0.183. The Kier molecular flexibility index (Phi) is 5.25. The van der Waals surface area contributed by atoms with Crippen LogP contribution in [-0.4, -0.2) is 50.1 Å². The number of furan rings is 1. The van der Waals surface area contributed by atoms with Crippen molar-refractivity contribution in [2.45, 2.75) is 25.8 Å². The summed E-state index contributed by atoms with van der Waals surface area (Å²) in [6.45, 7) is 2.90. The second-order valence-corrected chi connectivity index (χ2v) is 8.11. The molecule has 2 amide bonds. The highest BCUT2D eigenvalue weighted by atomic mass is 16.3. The number of carbonyl (C=O) groups excluding carboxylic acids is 2. The standard InChI is InChI=1S/C23H23N7O3/c1-14(32)28-21-3-2-15(9-25-21)20-8-18-19(11-26-23(24)22(18)33-20)16-10-27-30(12-16)17-4-6-29(13-31)7-5-17/h2-3,8-13,17H,4-7H2,1H3,(H2,24,26)(H,25,28,32). The number of nitrogen functional groups attached to an aromatic ring is 1. The third kappa shape index (κ3) is 4.02. The number of amides is 2. The van der Waals surface area contributed by atoms with Crippen molar-refractivity contribution in [3.8, 4) is 22.5 Å². The maximum atomic E-state index is 11.2. The van der Waals surface area contributed by atoms with Gasteiger partial charge in [-0.25, -0.2) is 9.97 Å². The molecule has 0 saturated carbocycles. The van der Waals surface area contributed by atoms with Crippen LogP contribution in [0.15, 0.2) is 47.4 Å². The van der Waals surface area contributed by atoms with Gasteiger partial charge >= 0.3 is 0 Å². The Morgan fingerprint density at radius 3 is 2.70 bits per heavy atom. The lowest BCUT2D eigenvalue weighted by molar-refractivity contribution is -0.119. The molecule has 5 heterocycles. The first kappa shape index (κ1) is 20.7. The van der Waals surface area contributed by atoms with E-state index in [-0.39, 0.29) is 11.9 Å². The Morgan fingerprint density at radius 1 is 1.18 bits per heavy atom. The summed E-state index contributed by atoms with van der Waals surface area (Å²) in [6.07, 6.45) is 9.82. The molecule has 1 fully saturated rings. The molecule has 5 rings (SSSR count). The van der Waals surface area contributed by atoms with Gasteiger partial charge in [0.15, 0.2) is 11.4 Å². The number of likely N-dealkylation sites (tertiary alicyclic amines) is 1. The van der Waals surface area contributed by atoms with Crippen LogP contribution in [0.4, 0.5) is 11.6 Å². The first-order valence-corrected chi connectivity index (χ1v) is 10.7. The molecule has 10 nitrogen and oxygen atoms in total. The Hall–Kier alpha value is -4.21. The van der Waals surface area contributed by atoms with E-state index in [4.69, 9.17) is 10.2 Å². The van der Waals surface area contributed by atoms with Gasteiger partial charge in [0.25, 0.3) is 0 Å². The van der Waals surface area contributed by atoms with Crippen LogP contribution in [0.25, 0.3) is 33.4 Å². The van der Waals surface area contributed by atoms with Crippen LogP contribution in [0.3, 0.4) is 0 Å². The molecular weight excluding hydrogens is 422 g/mol. The van der Waals surface area contributed by atoms with E-state index in [9.17, 15) is 9.59 Å². The number of pyridine rings is 2. The number of aromatic nitrogens is 4. The van der Waals surface area contributed by atoms with Crippen LogP contribution in [0.2, 0.25) is 0 Å². The summed E-state index contributed by atoms with van der Waals surface area (Å²) < 4.78 is 8.00. The summed E-state index contributed by atoms with van der Waals surface area (Å²) in [5.41, 5.74) is 9.14. The number of anilines is 2. The summed E-state index contributed by atoms with van der Waals surface area (Å²) in [7, 11) is 0. The number of hydrogen-bond donors (Lipinski definition) is 2. The molecule has 0 unspecified atom stereocenters. The Bertz CT molecular complexity index is 1320. The van der Waals surface area contributed by atoms with Crippen molar-refractivity contribution in [3.63, 3.8) is 0 Å². The van der Waals surface area contributed by atoms with Crippen molar-refractivity contribution in [2.24, 2.45) is 0 Å². The van der Waals surface area contributed by atoms with Gasteiger partial charge in [-0.15, -0.1) is 0 Å². The molecule has 168 valence electrons. The van der Waals surface area contributed by atoms with Crippen LogP contribution >= 0.6 is 0 Å². The van der Waals surface area contributed by atoms with Gasteiger partial charge in [-0.05, 0) is 31.0 Å². The first-order valence-electron chi connectivity index (χ1n) is 10.7. The van der Waals surface area contributed by atoms with Gasteiger partial charge < -0.3 is 20.4 Å². The lowest BCUT2D eigenvalue weighted by atomic mass is 10.1. The number of nitrogens with one attached hydrogen (secondary N) is 1. The van der Waals surface area contributed by atoms with E-state index >= 15 is 0 Å². The normalized spacial score (nSPS) is 14.5.